The van der Waals surface area contributed by atoms with Gasteiger partial charge in [0.25, 0.3) is 0 Å². The van der Waals surface area contributed by atoms with Crippen molar-refractivity contribution in [2.24, 2.45) is 0 Å². The van der Waals surface area contributed by atoms with Crippen molar-refractivity contribution >= 4 is 48.6 Å². The summed E-state index contributed by atoms with van der Waals surface area (Å²) in [6, 6.07) is 69.7. The molecule has 266 valence electrons. The summed E-state index contributed by atoms with van der Waals surface area (Å²) >= 11 is 1.81. The Bertz CT molecular complexity index is 3050. The monoisotopic (exact) mass is 744 g/mol. The molecule has 2 aliphatic rings. The first-order chi connectivity index (χ1) is 28.3. The van der Waals surface area contributed by atoms with E-state index in [-0.39, 0.29) is 0 Å². The highest BCUT2D eigenvalue weighted by Gasteiger charge is 2.51. The van der Waals surface area contributed by atoms with Crippen LogP contribution in [0.4, 0.5) is 17.1 Å². The average molecular weight is 745 g/mol. The minimum absolute atomic E-state index is 0.492. The summed E-state index contributed by atoms with van der Waals surface area (Å²) in [5, 5.41) is 2.45. The first-order valence-corrected chi connectivity index (χ1v) is 20.1. The highest BCUT2D eigenvalue weighted by Crippen LogP contribution is 2.64. The van der Waals surface area contributed by atoms with Gasteiger partial charge in [0.15, 0.2) is 17.5 Å². The summed E-state index contributed by atoms with van der Waals surface area (Å²) in [4.78, 5) is 17.9. The van der Waals surface area contributed by atoms with Crippen LogP contribution in [0.2, 0.25) is 0 Å². The minimum atomic E-state index is -0.492. The van der Waals surface area contributed by atoms with Crippen LogP contribution in [0.5, 0.6) is 0 Å². The minimum Gasteiger partial charge on any atom is -0.309 e. The highest BCUT2D eigenvalue weighted by atomic mass is 32.1. The maximum atomic E-state index is 5.21. The number of thiophene rings is 1. The van der Waals surface area contributed by atoms with Crippen molar-refractivity contribution in [3.8, 4) is 45.3 Å². The Morgan fingerprint density at radius 2 is 0.825 bits per heavy atom. The number of para-hydroxylation sites is 2. The maximum absolute atomic E-state index is 5.21. The summed E-state index contributed by atoms with van der Waals surface area (Å²) in [6.45, 7) is 0. The topological polar surface area (TPSA) is 41.9 Å². The molecule has 0 radical (unpaired) electrons. The summed E-state index contributed by atoms with van der Waals surface area (Å²) in [6.07, 6.45) is 0. The van der Waals surface area contributed by atoms with Crippen molar-refractivity contribution in [3.05, 3.63) is 216 Å². The van der Waals surface area contributed by atoms with Crippen molar-refractivity contribution in [1.29, 1.82) is 0 Å². The summed E-state index contributed by atoms with van der Waals surface area (Å²) in [7, 11) is 0. The van der Waals surface area contributed by atoms with Gasteiger partial charge < -0.3 is 4.90 Å². The van der Waals surface area contributed by atoms with E-state index in [2.05, 4.69) is 163 Å². The van der Waals surface area contributed by atoms with E-state index in [4.69, 9.17) is 15.0 Å². The van der Waals surface area contributed by atoms with Gasteiger partial charge in [-0.25, -0.2) is 15.0 Å². The molecule has 57 heavy (non-hydrogen) atoms. The lowest BCUT2D eigenvalue weighted by Gasteiger charge is -2.45. The van der Waals surface area contributed by atoms with E-state index in [9.17, 15) is 0 Å². The average Bonchev–Trinajstić information content (AvgIpc) is 3.81. The van der Waals surface area contributed by atoms with Gasteiger partial charge in [-0.1, -0.05) is 164 Å². The van der Waals surface area contributed by atoms with Gasteiger partial charge >= 0.3 is 0 Å². The lowest BCUT2D eigenvalue weighted by atomic mass is 9.64. The third-order valence-electron chi connectivity index (χ3n) is 11.7. The molecule has 0 fully saturated rings. The van der Waals surface area contributed by atoms with Crippen LogP contribution >= 0.6 is 11.3 Å². The molecule has 1 aliphatic carbocycles. The molecule has 12 rings (SSSR count). The van der Waals surface area contributed by atoms with Crippen LogP contribution < -0.4 is 4.90 Å². The van der Waals surface area contributed by atoms with Gasteiger partial charge in [0.05, 0.1) is 22.5 Å². The second-order valence-electron chi connectivity index (χ2n) is 14.7. The molecule has 0 saturated heterocycles. The number of anilines is 3. The van der Waals surface area contributed by atoms with Gasteiger partial charge in [-0.05, 0) is 63.7 Å². The molecular weight excluding hydrogens is 713 g/mol. The summed E-state index contributed by atoms with van der Waals surface area (Å²) in [5.74, 6) is 1.93. The second-order valence-corrected chi connectivity index (χ2v) is 15.8. The molecule has 3 heterocycles. The fourth-order valence-electron chi connectivity index (χ4n) is 9.40. The van der Waals surface area contributed by atoms with Crippen LogP contribution in [0.3, 0.4) is 0 Å². The lowest BCUT2D eigenvalue weighted by Crippen LogP contribution is -2.36. The third kappa shape index (κ3) is 4.64. The zero-order valence-corrected chi connectivity index (χ0v) is 31.5. The molecule has 1 aliphatic heterocycles. The van der Waals surface area contributed by atoms with Crippen LogP contribution in [0.25, 0.3) is 65.5 Å². The molecule has 0 bridgehead atoms. The van der Waals surface area contributed by atoms with E-state index in [1.807, 2.05) is 47.7 Å². The molecule has 1 spiro atoms. The molecule has 0 saturated carbocycles. The van der Waals surface area contributed by atoms with Crippen molar-refractivity contribution in [2.75, 3.05) is 4.90 Å². The van der Waals surface area contributed by atoms with Crippen LogP contribution in [0.1, 0.15) is 22.3 Å². The van der Waals surface area contributed by atoms with Gasteiger partial charge in [0.2, 0.25) is 0 Å². The summed E-state index contributed by atoms with van der Waals surface area (Å²) < 4.78 is 2.42. The van der Waals surface area contributed by atoms with Crippen LogP contribution in [0, 0.1) is 0 Å². The fraction of sp³-hybridized carbons (Fsp3) is 0.0192. The fourth-order valence-corrected chi connectivity index (χ4v) is 10.6. The van der Waals surface area contributed by atoms with Crippen LogP contribution in [-0.2, 0) is 5.41 Å². The van der Waals surface area contributed by atoms with Crippen molar-refractivity contribution in [1.82, 2.24) is 15.0 Å². The van der Waals surface area contributed by atoms with Crippen molar-refractivity contribution in [3.63, 3.8) is 0 Å². The van der Waals surface area contributed by atoms with Gasteiger partial charge in [-0.2, -0.15) is 0 Å². The largest absolute Gasteiger partial charge is 0.309 e. The first kappa shape index (κ1) is 32.1. The zero-order valence-electron chi connectivity index (χ0n) is 30.7. The molecule has 0 N–H and O–H groups in total. The van der Waals surface area contributed by atoms with Crippen molar-refractivity contribution in [2.45, 2.75) is 5.41 Å². The molecule has 8 aromatic carbocycles. The van der Waals surface area contributed by atoms with E-state index in [1.54, 1.807) is 0 Å². The molecule has 10 aromatic rings. The Morgan fingerprint density at radius 3 is 1.40 bits per heavy atom. The van der Waals surface area contributed by atoms with Crippen molar-refractivity contribution < 1.29 is 0 Å². The number of fused-ring (bicyclic) bond motifs is 12. The van der Waals surface area contributed by atoms with E-state index >= 15 is 0 Å². The van der Waals surface area contributed by atoms with Gasteiger partial charge in [0.1, 0.15) is 0 Å². The first-order valence-electron chi connectivity index (χ1n) is 19.3. The summed E-state index contributed by atoms with van der Waals surface area (Å²) in [5.41, 5.74) is 13.5. The molecule has 0 amide bonds. The van der Waals surface area contributed by atoms with Crippen LogP contribution in [-0.4, -0.2) is 15.0 Å². The van der Waals surface area contributed by atoms with E-state index in [1.165, 1.54) is 53.6 Å². The number of benzene rings is 8. The molecule has 0 atom stereocenters. The number of hydrogen-bond acceptors (Lipinski definition) is 5. The third-order valence-corrected chi connectivity index (χ3v) is 12.8. The molecule has 4 nitrogen and oxygen atoms in total. The maximum Gasteiger partial charge on any atom is 0.164 e. The molecule has 2 aromatic heterocycles. The van der Waals surface area contributed by atoms with Gasteiger partial charge in [-0.15, -0.1) is 11.3 Å². The predicted octanol–water partition coefficient (Wildman–Crippen LogP) is 13.4. The molecule has 5 heteroatoms. The van der Waals surface area contributed by atoms with E-state index < -0.39 is 5.41 Å². The van der Waals surface area contributed by atoms with Gasteiger partial charge in [-0.3, -0.25) is 0 Å². The number of aromatic nitrogens is 3. The van der Waals surface area contributed by atoms with Gasteiger partial charge in [0, 0.05) is 36.9 Å². The SMILES string of the molecule is c1ccc(-c2nc(-c3ccccc3)nc(-c3cc(N4c5ccccc5C5(c6ccccc6-c6ccccc65)c5ccccc54)c4c(c3)sc3ccccc34)n2)cc1. The Kier molecular flexibility index (Phi) is 6.98. The normalized spacial score (nSPS) is 13.4. The Morgan fingerprint density at radius 1 is 0.368 bits per heavy atom. The quantitative estimate of drug-likeness (QED) is 0.180. The number of rotatable bonds is 4. The second kappa shape index (κ2) is 12.4. The lowest BCUT2D eigenvalue weighted by molar-refractivity contribution is 0.753. The smallest absolute Gasteiger partial charge is 0.164 e. The Labute approximate surface area is 334 Å². The Balaban J connectivity index is 1.17. The zero-order chi connectivity index (χ0) is 37.5. The molecular formula is C52H32N4S. The standard InChI is InChI=1S/C52H32N4S/c1-3-17-33(18-4-1)49-53-50(34-19-5-2-6-20-34)55-51(54-49)35-31-45(48-38-23-9-16-30-46(38)57-47(48)32-35)56-43-28-14-12-26-41(43)52(42-27-13-15-29-44(42)56)39-24-10-7-21-36(39)37-22-8-11-25-40(37)52/h1-32H. The number of hydrogen-bond donors (Lipinski definition) is 0. The number of nitrogens with zero attached hydrogens (tertiary/aromatic N) is 4. The predicted molar refractivity (Wildman–Crippen MR) is 235 cm³/mol. The molecule has 0 unspecified atom stereocenters. The van der Waals surface area contributed by atoms with E-state index in [0.717, 1.165) is 33.8 Å². The van der Waals surface area contributed by atoms with E-state index in [0.29, 0.717) is 17.5 Å². The highest BCUT2D eigenvalue weighted by molar-refractivity contribution is 7.26. The Hall–Kier alpha value is -7.21. The van der Waals surface area contributed by atoms with Crippen LogP contribution in [0.15, 0.2) is 194 Å².